The van der Waals surface area contributed by atoms with Crippen molar-refractivity contribution in [3.63, 3.8) is 0 Å². The van der Waals surface area contributed by atoms with Crippen LogP contribution in [0.5, 0.6) is 0 Å². The number of carbonyl (C=O) groups is 1. The number of anilines is 1. The van der Waals surface area contributed by atoms with Gasteiger partial charge in [-0.15, -0.1) is 0 Å². The third kappa shape index (κ3) is 3.46. The molecule has 4 nitrogen and oxygen atoms in total. The van der Waals surface area contributed by atoms with Gasteiger partial charge in [-0.3, -0.25) is 4.79 Å². The summed E-state index contributed by atoms with van der Waals surface area (Å²) in [5.74, 6) is 0.314. The van der Waals surface area contributed by atoms with E-state index in [1.165, 1.54) is 5.39 Å². The number of halogens is 1. The number of nitrogens with zero attached hydrogens (tertiary/aromatic N) is 1. The Bertz CT molecular complexity index is 1370. The molecule has 1 heterocycles. The molecule has 0 aliphatic carbocycles. The standard InChI is InChI=1S/C24H15ClN2O2/c25-19-7-3-6-17(13-19)23(28)26-20-10-11-22-21(14-20)27-24(29-22)18-9-8-15-4-1-2-5-16(15)12-18/h1-14H,(H,26,28). The topological polar surface area (TPSA) is 55.1 Å². The van der Waals surface area contributed by atoms with Gasteiger partial charge in [0.2, 0.25) is 5.89 Å². The number of rotatable bonds is 3. The zero-order valence-electron chi connectivity index (χ0n) is 15.2. The molecule has 140 valence electrons. The second-order valence-corrected chi connectivity index (χ2v) is 7.16. The number of oxazole rings is 1. The molecule has 0 saturated carbocycles. The van der Waals surface area contributed by atoms with E-state index in [2.05, 4.69) is 34.6 Å². The third-order valence-corrected chi connectivity index (χ3v) is 4.96. The Balaban J connectivity index is 1.45. The van der Waals surface area contributed by atoms with Crippen LogP contribution >= 0.6 is 11.6 Å². The summed E-state index contributed by atoms with van der Waals surface area (Å²) in [5, 5.41) is 5.68. The summed E-state index contributed by atoms with van der Waals surface area (Å²) in [4.78, 5) is 17.0. The molecular formula is C24H15ClN2O2. The van der Waals surface area contributed by atoms with Crippen molar-refractivity contribution in [2.24, 2.45) is 0 Å². The first-order valence-corrected chi connectivity index (χ1v) is 9.50. The molecule has 0 aliphatic heterocycles. The van der Waals surface area contributed by atoms with Crippen LogP contribution in [0.25, 0.3) is 33.3 Å². The molecular weight excluding hydrogens is 384 g/mol. The molecule has 0 radical (unpaired) electrons. The summed E-state index contributed by atoms with van der Waals surface area (Å²) in [6.07, 6.45) is 0. The van der Waals surface area contributed by atoms with Crippen molar-refractivity contribution in [1.29, 1.82) is 0 Å². The number of benzene rings is 4. The number of amides is 1. The van der Waals surface area contributed by atoms with Gasteiger partial charge in [0, 0.05) is 21.8 Å². The number of hydrogen-bond acceptors (Lipinski definition) is 3. The molecule has 0 atom stereocenters. The van der Waals surface area contributed by atoms with Gasteiger partial charge in [-0.05, 0) is 59.3 Å². The first kappa shape index (κ1) is 17.5. The summed E-state index contributed by atoms with van der Waals surface area (Å²) in [6.45, 7) is 0. The summed E-state index contributed by atoms with van der Waals surface area (Å²) < 4.78 is 5.92. The lowest BCUT2D eigenvalue weighted by molar-refractivity contribution is 0.102. The molecule has 4 aromatic carbocycles. The molecule has 1 N–H and O–H groups in total. The van der Waals surface area contributed by atoms with Gasteiger partial charge in [0.15, 0.2) is 5.58 Å². The molecule has 29 heavy (non-hydrogen) atoms. The van der Waals surface area contributed by atoms with Crippen LogP contribution in [0, 0.1) is 0 Å². The van der Waals surface area contributed by atoms with Crippen molar-refractivity contribution in [3.05, 3.63) is 95.5 Å². The molecule has 0 bridgehead atoms. The van der Waals surface area contributed by atoms with Crippen LogP contribution in [0.15, 0.2) is 89.3 Å². The maximum Gasteiger partial charge on any atom is 0.255 e. The first-order valence-electron chi connectivity index (χ1n) is 9.12. The molecule has 5 heteroatoms. The molecule has 0 unspecified atom stereocenters. The molecule has 1 amide bonds. The average molecular weight is 399 g/mol. The number of aromatic nitrogens is 1. The molecule has 0 fully saturated rings. The molecule has 0 spiro atoms. The lowest BCUT2D eigenvalue weighted by atomic mass is 10.1. The Kier molecular flexibility index (Phi) is 4.26. The second-order valence-electron chi connectivity index (χ2n) is 6.73. The van der Waals surface area contributed by atoms with Gasteiger partial charge in [0.1, 0.15) is 5.52 Å². The maximum atomic E-state index is 12.4. The monoisotopic (exact) mass is 398 g/mol. The van der Waals surface area contributed by atoms with E-state index in [1.807, 2.05) is 18.2 Å². The van der Waals surface area contributed by atoms with Crippen molar-refractivity contribution in [2.75, 3.05) is 5.32 Å². The highest BCUT2D eigenvalue weighted by atomic mass is 35.5. The highest BCUT2D eigenvalue weighted by Gasteiger charge is 2.11. The predicted molar refractivity (Wildman–Crippen MR) is 116 cm³/mol. The molecule has 0 saturated heterocycles. The quantitative estimate of drug-likeness (QED) is 0.374. The second kappa shape index (κ2) is 7.08. The molecule has 1 aromatic heterocycles. The van der Waals surface area contributed by atoms with E-state index in [4.69, 9.17) is 16.0 Å². The summed E-state index contributed by atoms with van der Waals surface area (Å²) >= 11 is 5.96. The highest BCUT2D eigenvalue weighted by Crippen LogP contribution is 2.28. The molecule has 5 rings (SSSR count). The maximum absolute atomic E-state index is 12.4. The van der Waals surface area contributed by atoms with Crippen LogP contribution in [-0.2, 0) is 0 Å². The number of hydrogen-bond donors (Lipinski definition) is 1. The van der Waals surface area contributed by atoms with Gasteiger partial charge in [0.05, 0.1) is 0 Å². The zero-order valence-corrected chi connectivity index (χ0v) is 16.0. The summed E-state index contributed by atoms with van der Waals surface area (Å²) in [5.41, 5.74) is 3.38. The van der Waals surface area contributed by atoms with Gasteiger partial charge in [-0.2, -0.15) is 0 Å². The smallest absolute Gasteiger partial charge is 0.255 e. The van der Waals surface area contributed by atoms with Gasteiger partial charge >= 0.3 is 0 Å². The van der Waals surface area contributed by atoms with E-state index in [0.29, 0.717) is 33.3 Å². The van der Waals surface area contributed by atoms with Crippen molar-refractivity contribution in [1.82, 2.24) is 4.98 Å². The number of fused-ring (bicyclic) bond motifs is 2. The Morgan fingerprint density at radius 2 is 1.72 bits per heavy atom. The summed E-state index contributed by atoms with van der Waals surface area (Å²) in [6, 6.07) is 26.5. The third-order valence-electron chi connectivity index (χ3n) is 4.73. The van der Waals surface area contributed by atoms with Gasteiger partial charge in [0.25, 0.3) is 5.91 Å². The van der Waals surface area contributed by atoms with Gasteiger partial charge in [-0.1, -0.05) is 48.0 Å². The van der Waals surface area contributed by atoms with Crippen LogP contribution in [0.4, 0.5) is 5.69 Å². The van der Waals surface area contributed by atoms with Crippen molar-refractivity contribution < 1.29 is 9.21 Å². The lowest BCUT2D eigenvalue weighted by Crippen LogP contribution is -2.11. The fourth-order valence-corrected chi connectivity index (χ4v) is 3.47. The average Bonchev–Trinajstić information content (AvgIpc) is 3.17. The van der Waals surface area contributed by atoms with Crippen molar-refractivity contribution in [2.45, 2.75) is 0 Å². The fraction of sp³-hybridized carbons (Fsp3) is 0. The van der Waals surface area contributed by atoms with E-state index >= 15 is 0 Å². The van der Waals surface area contributed by atoms with E-state index < -0.39 is 0 Å². The zero-order chi connectivity index (χ0) is 19.8. The van der Waals surface area contributed by atoms with Crippen molar-refractivity contribution >= 4 is 45.1 Å². The summed E-state index contributed by atoms with van der Waals surface area (Å²) in [7, 11) is 0. The minimum atomic E-state index is -0.231. The minimum absolute atomic E-state index is 0.231. The van der Waals surface area contributed by atoms with E-state index in [0.717, 1.165) is 10.9 Å². The molecule has 0 aliphatic rings. The Morgan fingerprint density at radius 1 is 0.862 bits per heavy atom. The minimum Gasteiger partial charge on any atom is -0.436 e. The van der Waals surface area contributed by atoms with Crippen LogP contribution in [-0.4, -0.2) is 10.9 Å². The van der Waals surface area contributed by atoms with Crippen LogP contribution < -0.4 is 5.32 Å². The number of carbonyl (C=O) groups excluding carboxylic acids is 1. The van der Waals surface area contributed by atoms with Crippen LogP contribution in [0.1, 0.15) is 10.4 Å². The predicted octanol–water partition coefficient (Wildman–Crippen LogP) is 6.55. The van der Waals surface area contributed by atoms with E-state index in [-0.39, 0.29) is 5.91 Å². The van der Waals surface area contributed by atoms with Crippen LogP contribution in [0.2, 0.25) is 5.02 Å². The normalized spacial score (nSPS) is 11.1. The Morgan fingerprint density at radius 3 is 2.59 bits per heavy atom. The molecule has 5 aromatic rings. The first-order chi connectivity index (χ1) is 14.2. The van der Waals surface area contributed by atoms with Gasteiger partial charge in [-0.25, -0.2) is 4.98 Å². The largest absolute Gasteiger partial charge is 0.436 e. The number of nitrogens with one attached hydrogen (secondary N) is 1. The van der Waals surface area contributed by atoms with E-state index in [9.17, 15) is 4.79 Å². The Hall–Kier alpha value is -3.63. The van der Waals surface area contributed by atoms with Crippen molar-refractivity contribution in [3.8, 4) is 11.5 Å². The SMILES string of the molecule is O=C(Nc1ccc2oc(-c3ccc4ccccc4c3)nc2c1)c1cccc(Cl)c1. The van der Waals surface area contributed by atoms with Gasteiger partial charge < -0.3 is 9.73 Å². The lowest BCUT2D eigenvalue weighted by Gasteiger charge is -2.05. The van der Waals surface area contributed by atoms with Crippen LogP contribution in [0.3, 0.4) is 0 Å². The fourth-order valence-electron chi connectivity index (χ4n) is 3.28. The van der Waals surface area contributed by atoms with E-state index in [1.54, 1.807) is 42.5 Å². The highest BCUT2D eigenvalue weighted by molar-refractivity contribution is 6.31. The Labute approximate surface area is 171 Å².